The molecule has 1 saturated heterocycles. The molecule has 29 heavy (non-hydrogen) atoms. The number of nitrogens with zero attached hydrogens (tertiary/aromatic N) is 1. The second kappa shape index (κ2) is 7.17. The first-order valence-corrected chi connectivity index (χ1v) is 11.5. The highest BCUT2D eigenvalue weighted by Crippen LogP contribution is 2.58. The monoisotopic (exact) mass is 409 g/mol. The van der Waals surface area contributed by atoms with E-state index in [1.54, 1.807) is 11.8 Å². The smallest absolute Gasteiger partial charge is 0.417 e. The van der Waals surface area contributed by atoms with Crippen LogP contribution < -0.4 is 0 Å². The zero-order chi connectivity index (χ0) is 20.1. The minimum absolute atomic E-state index is 0.0506. The number of carbonyl (C=O) groups excluding carboxylic acids is 3. The standard InChI is InChI=1S/C23H23NO4S/c1-29-10-9-16-12-28-23(27)24(16)22(26)20-17-14-7-8-15(11-14)19(17)21(25)18(20)13-5-3-2-4-6-13/h2-8,14-17,19H,9-12H2,1H3/t14-,15+,16+,17+,19-/m1/s1. The van der Waals surface area contributed by atoms with E-state index in [0.717, 1.165) is 17.7 Å². The number of ether oxygens (including phenoxy) is 1. The van der Waals surface area contributed by atoms with Crippen molar-refractivity contribution >= 4 is 35.1 Å². The fourth-order valence-corrected chi connectivity index (χ4v) is 6.00. The van der Waals surface area contributed by atoms with Crippen LogP contribution in [0.1, 0.15) is 18.4 Å². The predicted octanol–water partition coefficient (Wildman–Crippen LogP) is 3.56. The molecule has 0 radical (unpaired) electrons. The molecule has 1 aliphatic heterocycles. The van der Waals surface area contributed by atoms with E-state index < -0.39 is 6.09 Å². The van der Waals surface area contributed by atoms with Gasteiger partial charge in [0.25, 0.3) is 5.91 Å². The number of Topliss-reactive ketones (excluding diaryl/α,β-unsaturated/α-hetero) is 1. The molecule has 3 aliphatic carbocycles. The SMILES string of the molecule is CSCC[C@H]1COC(=O)N1C(=O)C1=C(c2ccccc2)C(=O)[C@H]2[C@@H]1[C@@H]1C=C[C@H]2C1. The van der Waals surface area contributed by atoms with Crippen LogP contribution in [0.25, 0.3) is 5.57 Å². The number of carbonyl (C=O) groups is 3. The summed E-state index contributed by atoms with van der Waals surface area (Å²) in [6, 6.07) is 9.14. The molecule has 0 aromatic heterocycles. The fourth-order valence-electron chi connectivity index (χ4n) is 5.50. The van der Waals surface area contributed by atoms with Gasteiger partial charge >= 0.3 is 6.09 Å². The highest BCUT2D eigenvalue weighted by molar-refractivity contribution is 7.98. The molecule has 0 unspecified atom stereocenters. The molecule has 5 rings (SSSR count). The molecule has 2 fully saturated rings. The largest absolute Gasteiger partial charge is 0.447 e. The van der Waals surface area contributed by atoms with Gasteiger partial charge in [-0.2, -0.15) is 11.8 Å². The second-order valence-electron chi connectivity index (χ2n) is 8.21. The van der Waals surface area contributed by atoms with Gasteiger partial charge in [-0.3, -0.25) is 9.59 Å². The number of imide groups is 1. The Morgan fingerprint density at radius 2 is 1.86 bits per heavy atom. The number of cyclic esters (lactones) is 1. The number of hydrogen-bond donors (Lipinski definition) is 0. The summed E-state index contributed by atoms with van der Waals surface area (Å²) in [7, 11) is 0. The lowest BCUT2D eigenvalue weighted by atomic mass is 9.81. The van der Waals surface area contributed by atoms with E-state index >= 15 is 0 Å². The third-order valence-corrected chi connectivity index (χ3v) is 7.38. The van der Waals surface area contributed by atoms with Crippen LogP contribution in [0.3, 0.4) is 0 Å². The average molecular weight is 410 g/mol. The van der Waals surface area contributed by atoms with E-state index in [1.807, 2.05) is 36.6 Å². The van der Waals surface area contributed by atoms with Crippen LogP contribution in [-0.2, 0) is 14.3 Å². The zero-order valence-corrected chi connectivity index (χ0v) is 17.1. The molecule has 0 N–H and O–H groups in total. The van der Waals surface area contributed by atoms with Crippen LogP contribution >= 0.6 is 11.8 Å². The molecule has 2 bridgehead atoms. The molecular weight excluding hydrogens is 386 g/mol. The number of hydrogen-bond acceptors (Lipinski definition) is 5. The van der Waals surface area contributed by atoms with Crippen LogP contribution in [0, 0.1) is 23.7 Å². The topological polar surface area (TPSA) is 63.7 Å². The summed E-state index contributed by atoms with van der Waals surface area (Å²) in [4.78, 5) is 41.0. The molecule has 4 aliphatic rings. The van der Waals surface area contributed by atoms with E-state index in [2.05, 4.69) is 12.2 Å². The molecule has 1 saturated carbocycles. The van der Waals surface area contributed by atoms with Gasteiger partial charge in [-0.25, -0.2) is 9.69 Å². The number of allylic oxidation sites excluding steroid dienone is 3. The number of fused-ring (bicyclic) bond motifs is 5. The van der Waals surface area contributed by atoms with Crippen molar-refractivity contribution in [2.45, 2.75) is 18.9 Å². The summed E-state index contributed by atoms with van der Waals surface area (Å²) < 4.78 is 5.23. The van der Waals surface area contributed by atoms with Crippen LogP contribution in [-0.4, -0.2) is 47.3 Å². The summed E-state index contributed by atoms with van der Waals surface area (Å²) >= 11 is 1.68. The van der Waals surface area contributed by atoms with E-state index in [9.17, 15) is 14.4 Å². The molecule has 5 atom stereocenters. The van der Waals surface area contributed by atoms with Crippen molar-refractivity contribution in [3.8, 4) is 0 Å². The first-order valence-electron chi connectivity index (χ1n) is 10.1. The normalized spacial score (nSPS) is 32.3. The Hall–Kier alpha value is -2.34. The summed E-state index contributed by atoms with van der Waals surface area (Å²) in [5, 5.41) is 0. The van der Waals surface area contributed by atoms with Crippen LogP contribution in [0.5, 0.6) is 0 Å². The van der Waals surface area contributed by atoms with Gasteiger partial charge < -0.3 is 4.74 Å². The Morgan fingerprint density at radius 3 is 2.59 bits per heavy atom. The van der Waals surface area contributed by atoms with Gasteiger partial charge in [0.15, 0.2) is 5.78 Å². The summed E-state index contributed by atoms with van der Waals surface area (Å²) in [6.45, 7) is 0.229. The van der Waals surface area contributed by atoms with Gasteiger partial charge in [0.05, 0.1) is 6.04 Å². The van der Waals surface area contributed by atoms with Gasteiger partial charge in [0.1, 0.15) is 6.61 Å². The van der Waals surface area contributed by atoms with Gasteiger partial charge in [0, 0.05) is 23.0 Å². The molecule has 2 amide bonds. The predicted molar refractivity (Wildman–Crippen MR) is 111 cm³/mol. The molecule has 1 heterocycles. The van der Waals surface area contributed by atoms with Crippen molar-refractivity contribution in [3.63, 3.8) is 0 Å². The second-order valence-corrected chi connectivity index (χ2v) is 9.19. The van der Waals surface area contributed by atoms with Gasteiger partial charge in [0.2, 0.25) is 0 Å². The van der Waals surface area contributed by atoms with Gasteiger partial charge in [-0.15, -0.1) is 0 Å². The third kappa shape index (κ3) is 2.80. The Labute approximate surface area is 174 Å². The minimum Gasteiger partial charge on any atom is -0.447 e. The maximum Gasteiger partial charge on any atom is 0.417 e. The highest BCUT2D eigenvalue weighted by atomic mass is 32.2. The van der Waals surface area contributed by atoms with Crippen LogP contribution in [0.2, 0.25) is 0 Å². The molecular formula is C23H23NO4S. The van der Waals surface area contributed by atoms with Crippen molar-refractivity contribution in [1.82, 2.24) is 4.90 Å². The highest BCUT2D eigenvalue weighted by Gasteiger charge is 2.58. The lowest BCUT2D eigenvalue weighted by Gasteiger charge is -2.26. The number of rotatable bonds is 5. The quantitative estimate of drug-likeness (QED) is 0.696. The number of thioether (sulfide) groups is 1. The number of ketones is 1. The molecule has 150 valence electrons. The van der Waals surface area contributed by atoms with Gasteiger partial charge in [-0.1, -0.05) is 42.5 Å². The van der Waals surface area contributed by atoms with E-state index in [4.69, 9.17) is 4.74 Å². The first kappa shape index (κ1) is 18.7. The van der Waals surface area contributed by atoms with E-state index in [1.165, 1.54) is 4.90 Å². The molecule has 5 nitrogen and oxygen atoms in total. The maximum absolute atomic E-state index is 13.8. The zero-order valence-electron chi connectivity index (χ0n) is 16.2. The Kier molecular flexibility index (Phi) is 4.62. The summed E-state index contributed by atoms with van der Waals surface area (Å²) in [5.41, 5.74) is 1.80. The fraction of sp³-hybridized carbons (Fsp3) is 0.435. The van der Waals surface area contributed by atoms with E-state index in [-0.39, 0.29) is 48.0 Å². The number of amides is 2. The van der Waals surface area contributed by atoms with Gasteiger partial charge in [-0.05, 0) is 42.2 Å². The Balaban J connectivity index is 1.60. The molecule has 1 aromatic rings. The van der Waals surface area contributed by atoms with Crippen LogP contribution in [0.4, 0.5) is 4.79 Å². The summed E-state index contributed by atoms with van der Waals surface area (Å²) in [6.07, 6.45) is 7.30. The Bertz CT molecular complexity index is 937. The van der Waals surface area contributed by atoms with Crippen LogP contribution in [0.15, 0.2) is 48.1 Å². The third-order valence-electron chi connectivity index (χ3n) is 6.74. The van der Waals surface area contributed by atoms with Crippen molar-refractivity contribution in [2.75, 3.05) is 18.6 Å². The summed E-state index contributed by atoms with van der Waals surface area (Å²) in [5.74, 6) is 0.636. The molecule has 6 heteroatoms. The van der Waals surface area contributed by atoms with Crippen molar-refractivity contribution in [1.29, 1.82) is 0 Å². The number of benzene rings is 1. The van der Waals surface area contributed by atoms with Crippen molar-refractivity contribution in [2.24, 2.45) is 23.7 Å². The van der Waals surface area contributed by atoms with E-state index in [0.29, 0.717) is 17.6 Å². The lowest BCUT2D eigenvalue weighted by Crippen LogP contribution is -2.41. The Morgan fingerprint density at radius 1 is 1.14 bits per heavy atom. The average Bonchev–Trinajstić information content (AvgIpc) is 3.49. The van der Waals surface area contributed by atoms with Crippen molar-refractivity contribution in [3.05, 3.63) is 53.6 Å². The first-order chi connectivity index (χ1) is 14.1. The van der Waals surface area contributed by atoms with Crippen molar-refractivity contribution < 1.29 is 19.1 Å². The molecule has 0 spiro atoms. The molecule has 1 aromatic carbocycles. The lowest BCUT2D eigenvalue weighted by molar-refractivity contribution is -0.125. The minimum atomic E-state index is -0.587. The maximum atomic E-state index is 13.8.